The highest BCUT2D eigenvalue weighted by Gasteiger charge is 2.28. The minimum absolute atomic E-state index is 0.00167. The van der Waals surface area contributed by atoms with E-state index in [1.165, 1.54) is 0 Å². The summed E-state index contributed by atoms with van der Waals surface area (Å²) in [5, 5.41) is 2.98. The van der Waals surface area contributed by atoms with E-state index >= 15 is 0 Å². The zero-order chi connectivity index (χ0) is 20.8. The van der Waals surface area contributed by atoms with Gasteiger partial charge in [0.2, 0.25) is 5.91 Å². The molecule has 1 N–H and O–H groups in total. The summed E-state index contributed by atoms with van der Waals surface area (Å²) in [6.07, 6.45) is 1.38. The molecule has 1 aliphatic heterocycles. The van der Waals surface area contributed by atoms with Crippen molar-refractivity contribution in [3.05, 3.63) is 59.7 Å². The Morgan fingerprint density at radius 2 is 1.79 bits per heavy atom. The van der Waals surface area contributed by atoms with Gasteiger partial charge in [0.05, 0.1) is 5.69 Å². The van der Waals surface area contributed by atoms with Gasteiger partial charge in [-0.15, -0.1) is 0 Å². The molecule has 1 saturated heterocycles. The lowest BCUT2D eigenvalue weighted by molar-refractivity contribution is -0.134. The lowest BCUT2D eigenvalue weighted by atomic mass is 9.96. The van der Waals surface area contributed by atoms with Gasteiger partial charge in [-0.3, -0.25) is 4.79 Å². The van der Waals surface area contributed by atoms with Crippen LogP contribution in [0.2, 0.25) is 0 Å². The molecule has 6 heteroatoms. The molecule has 2 aromatic carbocycles. The van der Waals surface area contributed by atoms with Gasteiger partial charge in [0, 0.05) is 33.1 Å². The molecule has 2 aromatic rings. The maximum absolute atomic E-state index is 12.8. The second-order valence-electron chi connectivity index (χ2n) is 7.70. The summed E-state index contributed by atoms with van der Waals surface area (Å²) in [6, 6.07) is 15.5. The number of ether oxygens (including phenoxy) is 1. The third-order valence-corrected chi connectivity index (χ3v) is 5.19. The van der Waals surface area contributed by atoms with Crippen molar-refractivity contribution in [2.24, 2.45) is 5.92 Å². The second-order valence-corrected chi connectivity index (χ2v) is 7.70. The number of urea groups is 1. The molecule has 0 unspecified atom stereocenters. The van der Waals surface area contributed by atoms with Crippen molar-refractivity contribution in [3.8, 4) is 5.75 Å². The number of carbonyl (C=O) groups excluding carboxylic acids is 2. The summed E-state index contributed by atoms with van der Waals surface area (Å²) in [5.41, 5.74) is 2.79. The first-order chi connectivity index (χ1) is 13.9. The Bertz CT molecular complexity index is 844. The zero-order valence-electron chi connectivity index (χ0n) is 17.4. The van der Waals surface area contributed by atoms with Crippen LogP contribution in [0, 0.1) is 12.8 Å². The maximum atomic E-state index is 12.8. The molecule has 0 bridgehead atoms. The number of benzene rings is 2. The molecular formula is C23H29N3O3. The molecule has 0 atom stereocenters. The fourth-order valence-corrected chi connectivity index (χ4v) is 3.48. The van der Waals surface area contributed by atoms with E-state index in [1.54, 1.807) is 23.9 Å². The summed E-state index contributed by atoms with van der Waals surface area (Å²) >= 11 is 0. The van der Waals surface area contributed by atoms with Crippen LogP contribution in [0.1, 0.15) is 24.0 Å². The van der Waals surface area contributed by atoms with E-state index in [1.807, 2.05) is 55.5 Å². The van der Waals surface area contributed by atoms with Crippen LogP contribution in [0.25, 0.3) is 0 Å². The van der Waals surface area contributed by atoms with Crippen molar-refractivity contribution < 1.29 is 14.3 Å². The van der Waals surface area contributed by atoms with Gasteiger partial charge >= 0.3 is 6.03 Å². The minimum Gasteiger partial charge on any atom is -0.487 e. The number of carbonyl (C=O) groups is 2. The van der Waals surface area contributed by atoms with Crippen LogP contribution in [0.4, 0.5) is 10.5 Å². The molecule has 1 fully saturated rings. The summed E-state index contributed by atoms with van der Waals surface area (Å²) < 4.78 is 5.98. The quantitative estimate of drug-likeness (QED) is 0.835. The first kappa shape index (κ1) is 20.7. The van der Waals surface area contributed by atoms with Gasteiger partial charge in [0.15, 0.2) is 0 Å². The first-order valence-electron chi connectivity index (χ1n) is 9.98. The van der Waals surface area contributed by atoms with Gasteiger partial charge < -0.3 is 19.9 Å². The molecule has 0 aliphatic carbocycles. The molecule has 6 nitrogen and oxygen atoms in total. The average molecular weight is 396 g/mol. The van der Waals surface area contributed by atoms with E-state index in [4.69, 9.17) is 4.74 Å². The molecule has 3 amide bonds. The third-order valence-electron chi connectivity index (χ3n) is 5.19. The van der Waals surface area contributed by atoms with Crippen LogP contribution in [0.5, 0.6) is 5.75 Å². The third kappa shape index (κ3) is 5.50. The van der Waals surface area contributed by atoms with Crippen LogP contribution in [-0.2, 0) is 11.4 Å². The summed E-state index contributed by atoms with van der Waals surface area (Å²) in [4.78, 5) is 28.3. The van der Waals surface area contributed by atoms with Crippen LogP contribution in [0.3, 0.4) is 0 Å². The van der Waals surface area contributed by atoms with Crippen molar-refractivity contribution in [1.82, 2.24) is 9.80 Å². The lowest BCUT2D eigenvalue weighted by Crippen LogP contribution is -2.44. The number of hydrogen-bond acceptors (Lipinski definition) is 3. The monoisotopic (exact) mass is 395 g/mol. The molecule has 154 valence electrons. The van der Waals surface area contributed by atoms with E-state index in [-0.39, 0.29) is 17.9 Å². The highest BCUT2D eigenvalue weighted by atomic mass is 16.5. The average Bonchev–Trinajstić information content (AvgIpc) is 2.74. The molecule has 0 radical (unpaired) electrons. The number of nitrogens with zero attached hydrogens (tertiary/aromatic N) is 2. The van der Waals surface area contributed by atoms with Gasteiger partial charge in [0.25, 0.3) is 0 Å². The molecule has 29 heavy (non-hydrogen) atoms. The summed E-state index contributed by atoms with van der Waals surface area (Å²) in [5.74, 6) is 0.790. The number of amides is 3. The van der Waals surface area contributed by atoms with Crippen molar-refractivity contribution >= 4 is 17.6 Å². The van der Waals surface area contributed by atoms with Gasteiger partial charge in [-0.05, 0) is 43.0 Å². The summed E-state index contributed by atoms with van der Waals surface area (Å²) in [7, 11) is 3.55. The number of aryl methyl sites for hydroxylation is 1. The van der Waals surface area contributed by atoms with Crippen molar-refractivity contribution in [2.45, 2.75) is 26.4 Å². The zero-order valence-corrected chi connectivity index (χ0v) is 17.4. The van der Waals surface area contributed by atoms with Crippen molar-refractivity contribution in [2.75, 3.05) is 32.5 Å². The highest BCUT2D eigenvalue weighted by molar-refractivity contribution is 5.91. The number of hydrogen-bond donors (Lipinski definition) is 1. The van der Waals surface area contributed by atoms with Crippen LogP contribution < -0.4 is 10.1 Å². The van der Waals surface area contributed by atoms with E-state index in [2.05, 4.69) is 5.32 Å². The number of rotatable bonds is 5. The molecular weight excluding hydrogens is 366 g/mol. The van der Waals surface area contributed by atoms with Crippen molar-refractivity contribution in [1.29, 1.82) is 0 Å². The Hall–Kier alpha value is -3.02. The predicted molar refractivity (Wildman–Crippen MR) is 114 cm³/mol. The minimum atomic E-state index is -0.158. The van der Waals surface area contributed by atoms with Crippen LogP contribution in [-0.4, -0.2) is 48.9 Å². The number of likely N-dealkylation sites (tertiary alicyclic amines) is 1. The van der Waals surface area contributed by atoms with E-state index < -0.39 is 0 Å². The Labute approximate surface area is 172 Å². The number of anilines is 1. The van der Waals surface area contributed by atoms with E-state index in [0.29, 0.717) is 44.0 Å². The predicted octanol–water partition coefficient (Wildman–Crippen LogP) is 3.91. The lowest BCUT2D eigenvalue weighted by Gasteiger charge is -2.32. The van der Waals surface area contributed by atoms with E-state index in [9.17, 15) is 9.59 Å². The first-order valence-corrected chi connectivity index (χ1v) is 9.98. The second kappa shape index (κ2) is 9.45. The van der Waals surface area contributed by atoms with Gasteiger partial charge in [0.1, 0.15) is 12.4 Å². The molecule has 0 aromatic heterocycles. The Morgan fingerprint density at radius 1 is 1.10 bits per heavy atom. The SMILES string of the molecule is Cc1ccc(NC(=O)N2CCC(C(=O)N(C)C)CC2)c(OCc2ccccc2)c1. The fourth-order valence-electron chi connectivity index (χ4n) is 3.48. The van der Waals surface area contributed by atoms with Crippen LogP contribution >= 0.6 is 0 Å². The normalized spacial score (nSPS) is 14.4. The maximum Gasteiger partial charge on any atom is 0.321 e. The largest absolute Gasteiger partial charge is 0.487 e. The van der Waals surface area contributed by atoms with Crippen molar-refractivity contribution in [3.63, 3.8) is 0 Å². The standard InChI is InChI=1S/C23H29N3O3/c1-17-9-10-20(21(15-17)29-16-18-7-5-4-6-8-18)24-23(28)26-13-11-19(12-14-26)22(27)25(2)3/h4-10,15,19H,11-14,16H2,1-3H3,(H,24,28). The highest BCUT2D eigenvalue weighted by Crippen LogP contribution is 2.28. The molecule has 0 spiro atoms. The van der Waals surface area contributed by atoms with Gasteiger partial charge in [-0.1, -0.05) is 36.4 Å². The van der Waals surface area contributed by atoms with E-state index in [0.717, 1.165) is 11.1 Å². The smallest absolute Gasteiger partial charge is 0.321 e. The molecule has 1 aliphatic rings. The molecule has 1 heterocycles. The van der Waals surface area contributed by atoms with Crippen LogP contribution in [0.15, 0.2) is 48.5 Å². The Morgan fingerprint density at radius 3 is 2.45 bits per heavy atom. The van der Waals surface area contributed by atoms with Gasteiger partial charge in [-0.2, -0.15) is 0 Å². The number of piperidine rings is 1. The topological polar surface area (TPSA) is 61.9 Å². The summed E-state index contributed by atoms with van der Waals surface area (Å²) in [6.45, 7) is 3.57. The Kier molecular flexibility index (Phi) is 6.75. The van der Waals surface area contributed by atoms with Gasteiger partial charge in [-0.25, -0.2) is 4.79 Å². The number of nitrogens with one attached hydrogen (secondary N) is 1. The molecule has 3 rings (SSSR count). The fraction of sp³-hybridized carbons (Fsp3) is 0.391. The Balaban J connectivity index is 1.61. The molecule has 0 saturated carbocycles.